The van der Waals surface area contributed by atoms with Gasteiger partial charge in [-0.3, -0.25) is 4.79 Å². The largest absolute Gasteiger partial charge is 0.325 e. The number of rotatable bonds is 7. The van der Waals surface area contributed by atoms with Gasteiger partial charge in [0.1, 0.15) is 5.82 Å². The van der Waals surface area contributed by atoms with Gasteiger partial charge in [-0.2, -0.15) is 0 Å². The summed E-state index contributed by atoms with van der Waals surface area (Å²) in [6.07, 6.45) is 0.760. The number of para-hydroxylation sites is 1. The SMILES string of the molecule is CC(C)c1ccccc1NC(=O)CNCCc1ccc(F)cc1. The van der Waals surface area contributed by atoms with E-state index in [2.05, 4.69) is 24.5 Å². The molecular formula is C19H23FN2O. The van der Waals surface area contributed by atoms with Crippen LogP contribution in [-0.4, -0.2) is 19.0 Å². The highest BCUT2D eigenvalue weighted by atomic mass is 19.1. The average Bonchev–Trinajstić information content (AvgIpc) is 2.53. The highest BCUT2D eigenvalue weighted by Crippen LogP contribution is 2.23. The molecule has 0 heterocycles. The number of amides is 1. The zero-order valence-electron chi connectivity index (χ0n) is 13.6. The number of anilines is 1. The Morgan fingerprint density at radius 2 is 1.78 bits per heavy atom. The van der Waals surface area contributed by atoms with Gasteiger partial charge in [-0.05, 0) is 48.2 Å². The first-order chi connectivity index (χ1) is 11.1. The molecule has 0 aliphatic rings. The van der Waals surface area contributed by atoms with Crippen LogP contribution in [0.4, 0.5) is 10.1 Å². The minimum absolute atomic E-state index is 0.0581. The standard InChI is InChI=1S/C19H23FN2O/c1-14(2)17-5-3-4-6-18(17)22-19(23)13-21-12-11-15-7-9-16(20)10-8-15/h3-10,14,21H,11-13H2,1-2H3,(H,22,23). The molecule has 0 radical (unpaired) electrons. The highest BCUT2D eigenvalue weighted by Gasteiger charge is 2.08. The first-order valence-electron chi connectivity index (χ1n) is 7.90. The van der Waals surface area contributed by atoms with Crippen LogP contribution in [0.3, 0.4) is 0 Å². The summed E-state index contributed by atoms with van der Waals surface area (Å²) >= 11 is 0. The topological polar surface area (TPSA) is 41.1 Å². The third-order valence-corrected chi connectivity index (χ3v) is 3.65. The number of carbonyl (C=O) groups is 1. The number of halogens is 1. The molecule has 2 aromatic carbocycles. The molecule has 2 rings (SSSR count). The monoisotopic (exact) mass is 314 g/mol. The number of benzene rings is 2. The molecule has 3 nitrogen and oxygen atoms in total. The lowest BCUT2D eigenvalue weighted by molar-refractivity contribution is -0.115. The van der Waals surface area contributed by atoms with Crippen LogP contribution >= 0.6 is 0 Å². The van der Waals surface area contributed by atoms with Gasteiger partial charge in [0.15, 0.2) is 0 Å². The van der Waals surface area contributed by atoms with Crippen molar-refractivity contribution in [2.45, 2.75) is 26.2 Å². The van der Waals surface area contributed by atoms with Crippen molar-refractivity contribution < 1.29 is 9.18 Å². The van der Waals surface area contributed by atoms with Crippen molar-refractivity contribution in [3.63, 3.8) is 0 Å². The minimum atomic E-state index is -0.232. The maximum Gasteiger partial charge on any atom is 0.238 e. The van der Waals surface area contributed by atoms with E-state index in [1.807, 2.05) is 24.3 Å². The fraction of sp³-hybridized carbons (Fsp3) is 0.316. The molecule has 0 aliphatic carbocycles. The Bertz CT molecular complexity index is 638. The van der Waals surface area contributed by atoms with E-state index in [0.29, 0.717) is 12.5 Å². The van der Waals surface area contributed by atoms with E-state index >= 15 is 0 Å². The van der Waals surface area contributed by atoms with E-state index < -0.39 is 0 Å². The summed E-state index contributed by atoms with van der Waals surface area (Å²) in [5, 5.41) is 6.06. The van der Waals surface area contributed by atoms with E-state index in [1.54, 1.807) is 12.1 Å². The van der Waals surface area contributed by atoms with Crippen molar-refractivity contribution in [2.24, 2.45) is 0 Å². The molecule has 2 N–H and O–H groups in total. The van der Waals surface area contributed by atoms with Crippen molar-refractivity contribution in [1.29, 1.82) is 0 Å². The van der Waals surface area contributed by atoms with E-state index in [-0.39, 0.29) is 18.3 Å². The number of carbonyl (C=O) groups excluding carboxylic acids is 1. The van der Waals surface area contributed by atoms with E-state index in [4.69, 9.17) is 0 Å². The molecule has 1 amide bonds. The molecule has 0 aromatic heterocycles. The molecule has 2 aromatic rings. The lowest BCUT2D eigenvalue weighted by Gasteiger charge is -2.13. The van der Waals surface area contributed by atoms with Crippen molar-refractivity contribution in [1.82, 2.24) is 5.32 Å². The van der Waals surface area contributed by atoms with Crippen LogP contribution in [0.2, 0.25) is 0 Å². The van der Waals surface area contributed by atoms with Crippen molar-refractivity contribution in [3.8, 4) is 0 Å². The summed E-state index contributed by atoms with van der Waals surface area (Å²) in [5.74, 6) is 0.0695. The van der Waals surface area contributed by atoms with Gasteiger partial charge in [-0.15, -0.1) is 0 Å². The predicted octanol–water partition coefficient (Wildman–Crippen LogP) is 3.72. The van der Waals surface area contributed by atoms with Gasteiger partial charge in [0.05, 0.1) is 6.54 Å². The van der Waals surface area contributed by atoms with Gasteiger partial charge >= 0.3 is 0 Å². The number of nitrogens with one attached hydrogen (secondary N) is 2. The molecule has 0 aliphatic heterocycles. The van der Waals surface area contributed by atoms with Crippen molar-refractivity contribution >= 4 is 11.6 Å². The molecule has 0 atom stereocenters. The summed E-state index contributed by atoms with van der Waals surface area (Å²) in [4.78, 5) is 12.0. The normalized spacial score (nSPS) is 10.8. The Morgan fingerprint density at radius 1 is 1.09 bits per heavy atom. The Balaban J connectivity index is 1.76. The fourth-order valence-electron chi connectivity index (χ4n) is 2.39. The molecule has 4 heteroatoms. The zero-order valence-corrected chi connectivity index (χ0v) is 13.6. The second-order valence-corrected chi connectivity index (χ2v) is 5.84. The van der Waals surface area contributed by atoms with Gasteiger partial charge < -0.3 is 10.6 Å². The van der Waals surface area contributed by atoms with Crippen LogP contribution in [0, 0.1) is 5.82 Å². The smallest absolute Gasteiger partial charge is 0.238 e. The molecular weight excluding hydrogens is 291 g/mol. The van der Waals surface area contributed by atoms with Gasteiger partial charge in [-0.1, -0.05) is 44.2 Å². The van der Waals surface area contributed by atoms with Gasteiger partial charge in [0, 0.05) is 5.69 Å². The van der Waals surface area contributed by atoms with Crippen LogP contribution in [0.1, 0.15) is 30.9 Å². The third-order valence-electron chi connectivity index (χ3n) is 3.65. The molecule has 0 saturated carbocycles. The quantitative estimate of drug-likeness (QED) is 0.765. The summed E-state index contributed by atoms with van der Waals surface area (Å²) in [7, 11) is 0. The first kappa shape index (κ1) is 17.2. The Kier molecular flexibility index (Phi) is 6.29. The lowest BCUT2D eigenvalue weighted by atomic mass is 10.0. The predicted molar refractivity (Wildman–Crippen MR) is 92.1 cm³/mol. The second kappa shape index (κ2) is 8.44. The maximum atomic E-state index is 12.8. The zero-order chi connectivity index (χ0) is 16.7. The molecule has 0 unspecified atom stereocenters. The van der Waals surface area contributed by atoms with Crippen LogP contribution in [0.5, 0.6) is 0 Å². The van der Waals surface area contributed by atoms with E-state index in [1.165, 1.54) is 12.1 Å². The number of hydrogen-bond acceptors (Lipinski definition) is 2. The Labute approximate surface area is 136 Å². The molecule has 23 heavy (non-hydrogen) atoms. The van der Waals surface area contributed by atoms with Gasteiger partial charge in [0.2, 0.25) is 5.91 Å². The Hall–Kier alpha value is -2.20. The molecule has 0 fully saturated rings. The molecule has 0 bridgehead atoms. The molecule has 0 saturated heterocycles. The van der Waals surface area contributed by atoms with E-state index in [9.17, 15) is 9.18 Å². The average molecular weight is 314 g/mol. The first-order valence-corrected chi connectivity index (χ1v) is 7.90. The van der Waals surface area contributed by atoms with Crippen LogP contribution in [0.15, 0.2) is 48.5 Å². The van der Waals surface area contributed by atoms with Crippen molar-refractivity contribution in [3.05, 3.63) is 65.5 Å². The fourth-order valence-corrected chi connectivity index (χ4v) is 2.39. The summed E-state index contributed by atoms with van der Waals surface area (Å²) in [5.41, 5.74) is 3.05. The third kappa shape index (κ3) is 5.49. The van der Waals surface area contributed by atoms with Gasteiger partial charge in [-0.25, -0.2) is 4.39 Å². The van der Waals surface area contributed by atoms with Crippen LogP contribution in [-0.2, 0) is 11.2 Å². The van der Waals surface area contributed by atoms with Gasteiger partial charge in [0.25, 0.3) is 0 Å². The lowest BCUT2D eigenvalue weighted by Crippen LogP contribution is -2.29. The second-order valence-electron chi connectivity index (χ2n) is 5.84. The number of hydrogen-bond donors (Lipinski definition) is 2. The maximum absolute atomic E-state index is 12.8. The van der Waals surface area contributed by atoms with Crippen LogP contribution in [0.25, 0.3) is 0 Å². The Morgan fingerprint density at radius 3 is 2.48 bits per heavy atom. The summed E-state index contributed by atoms with van der Waals surface area (Å²) in [6, 6.07) is 14.3. The molecule has 122 valence electrons. The molecule has 0 spiro atoms. The van der Waals surface area contributed by atoms with Crippen LogP contribution < -0.4 is 10.6 Å². The minimum Gasteiger partial charge on any atom is -0.325 e. The highest BCUT2D eigenvalue weighted by molar-refractivity contribution is 5.93. The van der Waals surface area contributed by atoms with E-state index in [0.717, 1.165) is 23.2 Å². The van der Waals surface area contributed by atoms with Crippen molar-refractivity contribution in [2.75, 3.05) is 18.4 Å². The summed E-state index contributed by atoms with van der Waals surface area (Å²) < 4.78 is 12.8. The summed E-state index contributed by atoms with van der Waals surface area (Å²) in [6.45, 7) is 5.14.